The maximum Gasteiger partial charge on any atom is 0.187 e. The van der Waals surface area contributed by atoms with Crippen LogP contribution in [0.15, 0.2) is 60.9 Å². The van der Waals surface area contributed by atoms with Gasteiger partial charge in [0.2, 0.25) is 0 Å². The minimum absolute atomic E-state index is 0.0868. The fraction of sp³-hybridized carbons (Fsp3) is 0.227. The summed E-state index contributed by atoms with van der Waals surface area (Å²) in [5, 5.41) is 3.31. The normalized spacial score (nSPS) is 14.1. The number of nitrogens with zero attached hydrogens (tertiary/aromatic N) is 3. The molecule has 0 saturated carbocycles. The summed E-state index contributed by atoms with van der Waals surface area (Å²) < 4.78 is 0. The van der Waals surface area contributed by atoms with Gasteiger partial charge in [0.15, 0.2) is 5.78 Å². The summed E-state index contributed by atoms with van der Waals surface area (Å²) >= 11 is 0. The van der Waals surface area contributed by atoms with Crippen LogP contribution in [0.3, 0.4) is 0 Å². The third-order valence-corrected chi connectivity index (χ3v) is 4.97. The van der Waals surface area contributed by atoms with Crippen molar-refractivity contribution in [3.05, 3.63) is 72.2 Å². The van der Waals surface area contributed by atoms with Crippen LogP contribution in [-0.4, -0.2) is 41.9 Å². The standard InChI is InChI=1S/C22H23N5O/c23-19-7-6-17(16-4-2-1-3-5-16)12-18(19)13-21(28)20-14-26-22(15-25-20)27-10-8-24-9-11-27/h1-7,12,14-15,24H,8-11,13,23H2. The fourth-order valence-corrected chi connectivity index (χ4v) is 3.35. The number of piperazine rings is 1. The van der Waals surface area contributed by atoms with E-state index in [1.165, 1.54) is 0 Å². The molecule has 0 bridgehead atoms. The second-order valence-electron chi connectivity index (χ2n) is 6.88. The van der Waals surface area contributed by atoms with Gasteiger partial charge in [-0.15, -0.1) is 0 Å². The molecule has 1 fully saturated rings. The van der Waals surface area contributed by atoms with Gasteiger partial charge in [0.25, 0.3) is 0 Å². The quantitative estimate of drug-likeness (QED) is 0.528. The molecule has 4 rings (SSSR count). The van der Waals surface area contributed by atoms with Crippen LogP contribution in [0.25, 0.3) is 11.1 Å². The third kappa shape index (κ3) is 4.02. The van der Waals surface area contributed by atoms with E-state index in [1.54, 1.807) is 12.4 Å². The molecule has 1 aliphatic rings. The van der Waals surface area contributed by atoms with E-state index in [9.17, 15) is 4.79 Å². The summed E-state index contributed by atoms with van der Waals surface area (Å²) in [6, 6.07) is 15.8. The molecule has 1 saturated heterocycles. The van der Waals surface area contributed by atoms with E-state index >= 15 is 0 Å². The number of hydrogen-bond acceptors (Lipinski definition) is 6. The predicted molar refractivity (Wildman–Crippen MR) is 111 cm³/mol. The van der Waals surface area contributed by atoms with Gasteiger partial charge in [-0.05, 0) is 28.8 Å². The number of hydrogen-bond donors (Lipinski definition) is 2. The van der Waals surface area contributed by atoms with E-state index in [2.05, 4.69) is 20.2 Å². The lowest BCUT2D eigenvalue weighted by atomic mass is 9.98. The summed E-state index contributed by atoms with van der Waals surface area (Å²) in [6.45, 7) is 3.65. The maximum atomic E-state index is 12.7. The number of nitrogens with two attached hydrogens (primary N) is 1. The molecule has 2 aromatic carbocycles. The average Bonchev–Trinajstić information content (AvgIpc) is 2.76. The van der Waals surface area contributed by atoms with Gasteiger partial charge in [-0.2, -0.15) is 0 Å². The average molecular weight is 373 g/mol. The highest BCUT2D eigenvalue weighted by molar-refractivity contribution is 5.96. The lowest BCUT2D eigenvalue weighted by Gasteiger charge is -2.27. The molecule has 6 heteroatoms. The van der Waals surface area contributed by atoms with Crippen molar-refractivity contribution in [1.82, 2.24) is 15.3 Å². The molecule has 2 heterocycles. The van der Waals surface area contributed by atoms with Crippen LogP contribution in [0.1, 0.15) is 16.1 Å². The molecule has 0 unspecified atom stereocenters. The molecule has 0 spiro atoms. The molecule has 3 N–H and O–H groups in total. The SMILES string of the molecule is Nc1ccc(-c2ccccc2)cc1CC(=O)c1cnc(N2CCNCC2)cn1. The molecule has 1 aliphatic heterocycles. The molecule has 3 aromatic rings. The Kier molecular flexibility index (Phi) is 5.30. The van der Waals surface area contributed by atoms with E-state index in [0.717, 1.165) is 48.7 Å². The van der Waals surface area contributed by atoms with Gasteiger partial charge in [-0.3, -0.25) is 4.79 Å². The van der Waals surface area contributed by atoms with Crippen molar-refractivity contribution in [2.24, 2.45) is 0 Å². The highest BCUT2D eigenvalue weighted by Gasteiger charge is 2.15. The Morgan fingerprint density at radius 2 is 1.79 bits per heavy atom. The van der Waals surface area contributed by atoms with Crippen molar-refractivity contribution in [3.8, 4) is 11.1 Å². The number of rotatable bonds is 5. The Bertz CT molecular complexity index is 950. The number of carbonyl (C=O) groups is 1. The summed E-state index contributed by atoms with van der Waals surface area (Å²) in [5.41, 5.74) is 10.0. The first-order valence-electron chi connectivity index (χ1n) is 9.45. The molecule has 1 aromatic heterocycles. The first-order valence-corrected chi connectivity index (χ1v) is 9.45. The molecule has 0 radical (unpaired) electrons. The molecule has 6 nitrogen and oxygen atoms in total. The van der Waals surface area contributed by atoms with E-state index in [1.807, 2.05) is 48.5 Å². The highest BCUT2D eigenvalue weighted by atomic mass is 16.1. The van der Waals surface area contributed by atoms with Gasteiger partial charge in [-0.25, -0.2) is 9.97 Å². The Morgan fingerprint density at radius 1 is 1.00 bits per heavy atom. The summed E-state index contributed by atoms with van der Waals surface area (Å²) in [7, 11) is 0. The number of Topliss-reactive ketones (excluding diaryl/α,β-unsaturated/α-hetero) is 1. The molecular weight excluding hydrogens is 350 g/mol. The first kappa shape index (κ1) is 18.1. The number of carbonyl (C=O) groups excluding carboxylic acids is 1. The third-order valence-electron chi connectivity index (χ3n) is 4.97. The zero-order valence-corrected chi connectivity index (χ0v) is 15.6. The lowest BCUT2D eigenvalue weighted by Crippen LogP contribution is -2.43. The van der Waals surface area contributed by atoms with Crippen LogP contribution >= 0.6 is 0 Å². The van der Waals surface area contributed by atoms with Crippen LogP contribution in [0.5, 0.6) is 0 Å². The number of aromatic nitrogens is 2. The minimum Gasteiger partial charge on any atom is -0.398 e. The number of nitrogens with one attached hydrogen (secondary N) is 1. The van der Waals surface area contributed by atoms with Crippen molar-refractivity contribution >= 4 is 17.3 Å². The topological polar surface area (TPSA) is 84.1 Å². The van der Waals surface area contributed by atoms with Crippen LogP contribution in [0.2, 0.25) is 0 Å². The minimum atomic E-state index is -0.0868. The van der Waals surface area contributed by atoms with Crippen molar-refractivity contribution in [2.75, 3.05) is 36.8 Å². The zero-order valence-electron chi connectivity index (χ0n) is 15.6. The number of benzene rings is 2. The van der Waals surface area contributed by atoms with Gasteiger partial charge in [-0.1, -0.05) is 36.4 Å². The Morgan fingerprint density at radius 3 is 2.50 bits per heavy atom. The summed E-state index contributed by atoms with van der Waals surface area (Å²) in [4.78, 5) is 23.7. The van der Waals surface area contributed by atoms with Gasteiger partial charge in [0.05, 0.1) is 12.4 Å². The number of ketones is 1. The van der Waals surface area contributed by atoms with Crippen LogP contribution in [-0.2, 0) is 6.42 Å². The maximum absolute atomic E-state index is 12.7. The molecular formula is C22H23N5O. The molecule has 142 valence electrons. The predicted octanol–water partition coefficient (Wildman–Crippen LogP) is 2.56. The molecule has 0 atom stereocenters. The number of nitrogen functional groups attached to an aromatic ring is 1. The van der Waals surface area contributed by atoms with Gasteiger partial charge < -0.3 is 16.0 Å². The van der Waals surface area contributed by atoms with Crippen LogP contribution < -0.4 is 16.0 Å². The van der Waals surface area contributed by atoms with E-state index in [0.29, 0.717) is 11.4 Å². The van der Waals surface area contributed by atoms with E-state index < -0.39 is 0 Å². The molecule has 0 aliphatic carbocycles. The summed E-state index contributed by atoms with van der Waals surface area (Å²) in [6.07, 6.45) is 3.45. The van der Waals surface area contributed by atoms with Crippen molar-refractivity contribution < 1.29 is 4.79 Å². The fourth-order valence-electron chi connectivity index (χ4n) is 3.35. The van der Waals surface area contributed by atoms with Crippen molar-refractivity contribution in [3.63, 3.8) is 0 Å². The second kappa shape index (κ2) is 8.19. The van der Waals surface area contributed by atoms with Gasteiger partial charge in [0.1, 0.15) is 11.5 Å². The first-order chi connectivity index (χ1) is 13.7. The molecule has 28 heavy (non-hydrogen) atoms. The second-order valence-corrected chi connectivity index (χ2v) is 6.88. The monoisotopic (exact) mass is 373 g/mol. The van der Waals surface area contributed by atoms with E-state index in [4.69, 9.17) is 5.73 Å². The summed E-state index contributed by atoms with van der Waals surface area (Å²) in [5.74, 6) is 0.722. The van der Waals surface area contributed by atoms with Crippen molar-refractivity contribution in [2.45, 2.75) is 6.42 Å². The van der Waals surface area contributed by atoms with Gasteiger partial charge >= 0.3 is 0 Å². The Labute approximate surface area is 164 Å². The van der Waals surface area contributed by atoms with Crippen molar-refractivity contribution in [1.29, 1.82) is 0 Å². The zero-order chi connectivity index (χ0) is 19.3. The van der Waals surface area contributed by atoms with Crippen LogP contribution in [0.4, 0.5) is 11.5 Å². The van der Waals surface area contributed by atoms with E-state index in [-0.39, 0.29) is 12.2 Å². The van der Waals surface area contributed by atoms with Crippen LogP contribution in [0, 0.1) is 0 Å². The molecule has 0 amide bonds. The smallest absolute Gasteiger partial charge is 0.187 e. The largest absolute Gasteiger partial charge is 0.398 e. The Hall–Kier alpha value is -3.25. The highest BCUT2D eigenvalue weighted by Crippen LogP contribution is 2.24. The van der Waals surface area contributed by atoms with Gasteiger partial charge in [0, 0.05) is 38.3 Å². The number of anilines is 2. The Balaban J connectivity index is 1.50. The lowest BCUT2D eigenvalue weighted by molar-refractivity contribution is 0.0988.